The highest BCUT2D eigenvalue weighted by molar-refractivity contribution is 5.98. The molecule has 1 fully saturated rings. The van der Waals surface area contributed by atoms with E-state index in [9.17, 15) is 9.59 Å². The number of hydrogen-bond donors (Lipinski definition) is 3. The number of anilines is 1. The maximum Gasteiger partial charge on any atom is 0.407 e. The van der Waals surface area contributed by atoms with E-state index in [-0.39, 0.29) is 18.1 Å². The zero-order chi connectivity index (χ0) is 33.1. The summed E-state index contributed by atoms with van der Waals surface area (Å²) in [5, 5.41) is 18.2. The summed E-state index contributed by atoms with van der Waals surface area (Å²) >= 11 is 0. The van der Waals surface area contributed by atoms with Gasteiger partial charge in [0.25, 0.3) is 0 Å². The van der Waals surface area contributed by atoms with Crippen molar-refractivity contribution in [2.24, 2.45) is 0 Å². The molecule has 10 nitrogen and oxygen atoms in total. The van der Waals surface area contributed by atoms with Crippen molar-refractivity contribution in [1.82, 2.24) is 25.6 Å². The van der Waals surface area contributed by atoms with Crippen LogP contribution in [0.5, 0.6) is 0 Å². The van der Waals surface area contributed by atoms with Gasteiger partial charge in [-0.15, -0.1) is 5.10 Å². The predicted octanol–water partition coefficient (Wildman–Crippen LogP) is 5.48. The lowest BCUT2D eigenvalue weighted by molar-refractivity contribution is -0.118. The number of hydrogen-bond acceptors (Lipinski definition) is 7. The van der Waals surface area contributed by atoms with Gasteiger partial charge >= 0.3 is 6.09 Å². The minimum atomic E-state index is -0.941. The van der Waals surface area contributed by atoms with Crippen molar-refractivity contribution in [1.29, 1.82) is 0 Å². The molecule has 0 aliphatic carbocycles. The van der Waals surface area contributed by atoms with Crippen molar-refractivity contribution in [3.63, 3.8) is 0 Å². The number of aryl methyl sites for hydroxylation is 1. The van der Waals surface area contributed by atoms with Gasteiger partial charge in [0.1, 0.15) is 11.7 Å². The largest absolute Gasteiger partial charge is 0.453 e. The molecule has 0 radical (unpaired) electrons. The average Bonchev–Trinajstić information content (AvgIpc) is 3.60. The van der Waals surface area contributed by atoms with Gasteiger partial charge in [0.2, 0.25) is 5.91 Å². The van der Waals surface area contributed by atoms with E-state index in [2.05, 4.69) is 38.4 Å². The number of carbonyl (C=O) groups excluding carboxylic acids is 2. The molecule has 1 aliphatic heterocycles. The fourth-order valence-corrected chi connectivity index (χ4v) is 6.09. The molecule has 4 aromatic carbocycles. The molecule has 5 aromatic rings. The van der Waals surface area contributed by atoms with Crippen molar-refractivity contribution < 1.29 is 19.1 Å². The van der Waals surface area contributed by atoms with Gasteiger partial charge in [0.05, 0.1) is 38.6 Å². The van der Waals surface area contributed by atoms with Crippen LogP contribution >= 0.6 is 0 Å². The lowest BCUT2D eigenvalue weighted by Gasteiger charge is -2.30. The number of nitrogens with zero attached hydrogens (tertiary/aromatic N) is 3. The molecule has 48 heavy (non-hydrogen) atoms. The highest BCUT2D eigenvalue weighted by Crippen LogP contribution is 2.30. The highest BCUT2D eigenvalue weighted by atomic mass is 16.5. The lowest BCUT2D eigenvalue weighted by Crippen LogP contribution is -2.48. The first-order chi connectivity index (χ1) is 23.6. The Balaban J connectivity index is 1.10. The minimum absolute atomic E-state index is 0.00125. The number of amides is 2. The van der Waals surface area contributed by atoms with Gasteiger partial charge in [0.15, 0.2) is 0 Å². The molecule has 10 heteroatoms. The third-order valence-electron chi connectivity index (χ3n) is 8.59. The number of nitrogens with one attached hydrogen (secondary N) is 3. The Kier molecular flexibility index (Phi) is 10.9. The zero-order valence-electron chi connectivity index (χ0n) is 26.9. The van der Waals surface area contributed by atoms with Gasteiger partial charge in [-0.25, -0.2) is 9.48 Å². The molecular weight excluding hydrogens is 604 g/mol. The van der Waals surface area contributed by atoms with Crippen molar-refractivity contribution in [2.75, 3.05) is 25.6 Å². The Morgan fingerprint density at radius 1 is 0.917 bits per heavy atom. The SMILES string of the molecule is COC(=O)NC(C(=O)Nc1ccccc1CC[C@@H]1CN[C@H](c2cn(Cc3ccccc3)nn2)CO1)C(c1ccccc1)c1ccccc1. The smallest absolute Gasteiger partial charge is 0.407 e. The third-order valence-corrected chi connectivity index (χ3v) is 8.59. The molecule has 1 unspecified atom stereocenters. The van der Waals surface area contributed by atoms with Crippen LogP contribution in [0.3, 0.4) is 0 Å². The average molecular weight is 645 g/mol. The van der Waals surface area contributed by atoms with Crippen LogP contribution in [-0.2, 0) is 27.2 Å². The van der Waals surface area contributed by atoms with Gasteiger partial charge < -0.3 is 25.4 Å². The summed E-state index contributed by atoms with van der Waals surface area (Å²) in [5.41, 5.74) is 5.49. The van der Waals surface area contributed by atoms with E-state index in [1.165, 1.54) is 12.7 Å². The normalized spacial score (nSPS) is 16.6. The van der Waals surface area contributed by atoms with Crippen LogP contribution in [0.1, 0.15) is 46.3 Å². The van der Waals surface area contributed by atoms with E-state index in [1.807, 2.05) is 114 Å². The second kappa shape index (κ2) is 16.0. The Labute approximate surface area is 280 Å². The Bertz CT molecular complexity index is 1720. The molecule has 246 valence electrons. The van der Waals surface area contributed by atoms with Crippen molar-refractivity contribution in [3.8, 4) is 0 Å². The molecule has 6 rings (SSSR count). The van der Waals surface area contributed by atoms with Gasteiger partial charge in [-0.05, 0) is 41.2 Å². The van der Waals surface area contributed by atoms with Crippen molar-refractivity contribution >= 4 is 17.7 Å². The van der Waals surface area contributed by atoms with Gasteiger partial charge in [-0.2, -0.15) is 0 Å². The number of carbonyl (C=O) groups is 2. The van der Waals surface area contributed by atoms with E-state index in [1.54, 1.807) is 0 Å². The molecule has 0 spiro atoms. The molecule has 3 N–H and O–H groups in total. The van der Waals surface area contributed by atoms with Crippen LogP contribution < -0.4 is 16.0 Å². The summed E-state index contributed by atoms with van der Waals surface area (Å²) in [4.78, 5) is 26.6. The maximum atomic E-state index is 14.1. The number of alkyl carbamates (subject to hydrolysis) is 1. The van der Waals surface area contributed by atoms with Gasteiger partial charge in [0, 0.05) is 18.2 Å². The number of benzene rings is 4. The van der Waals surface area contributed by atoms with E-state index in [0.29, 0.717) is 31.8 Å². The standard InChI is InChI=1S/C38H40N6O4/c1-47-38(46)41-36(35(29-16-7-3-8-17-29)30-18-9-4-10-19-30)37(45)40-32-20-12-11-15-28(32)21-22-31-23-39-34(26-48-31)33-25-44(43-42-33)24-27-13-5-2-6-14-27/h2-20,25,31,34-36,39H,21-24,26H2,1H3,(H,40,45)(H,41,46)/t31-,34+,36?/m1/s1. The summed E-state index contributed by atoms with van der Waals surface area (Å²) in [7, 11) is 1.29. The van der Waals surface area contributed by atoms with E-state index >= 15 is 0 Å². The van der Waals surface area contributed by atoms with Crippen LogP contribution in [-0.4, -0.2) is 59.4 Å². The summed E-state index contributed by atoms with van der Waals surface area (Å²) in [6, 6.07) is 36.3. The molecule has 1 saturated heterocycles. The Morgan fingerprint density at radius 2 is 1.56 bits per heavy atom. The predicted molar refractivity (Wildman–Crippen MR) is 183 cm³/mol. The number of aromatic nitrogens is 3. The zero-order valence-corrected chi connectivity index (χ0v) is 26.9. The summed E-state index contributed by atoms with van der Waals surface area (Å²) < 4.78 is 13.0. The third kappa shape index (κ3) is 8.33. The molecule has 0 saturated carbocycles. The fourth-order valence-electron chi connectivity index (χ4n) is 6.09. The first-order valence-electron chi connectivity index (χ1n) is 16.2. The van der Waals surface area contributed by atoms with Crippen LogP contribution in [0.4, 0.5) is 10.5 Å². The highest BCUT2D eigenvalue weighted by Gasteiger charge is 2.33. The first-order valence-corrected chi connectivity index (χ1v) is 16.2. The molecular formula is C38H40N6O4. The van der Waals surface area contributed by atoms with E-state index in [4.69, 9.17) is 9.47 Å². The van der Waals surface area contributed by atoms with Crippen LogP contribution in [0, 0.1) is 0 Å². The van der Waals surface area contributed by atoms with Crippen molar-refractivity contribution in [3.05, 3.63) is 149 Å². The first kappa shape index (κ1) is 32.6. The molecule has 1 aliphatic rings. The second-order valence-corrected chi connectivity index (χ2v) is 11.8. The summed E-state index contributed by atoms with van der Waals surface area (Å²) in [6.07, 6.45) is 2.73. The number of methoxy groups -OCH3 is 1. The number of morpholine rings is 1. The maximum absolute atomic E-state index is 14.1. The topological polar surface area (TPSA) is 119 Å². The second-order valence-electron chi connectivity index (χ2n) is 11.8. The molecule has 2 heterocycles. The molecule has 0 bridgehead atoms. The fraction of sp³-hybridized carbons (Fsp3) is 0.263. The molecule has 2 amide bonds. The Morgan fingerprint density at radius 3 is 2.21 bits per heavy atom. The van der Waals surface area contributed by atoms with E-state index in [0.717, 1.165) is 28.8 Å². The Hall–Kier alpha value is -5.32. The molecule has 3 atom stereocenters. The van der Waals surface area contributed by atoms with Crippen LogP contribution in [0.25, 0.3) is 0 Å². The van der Waals surface area contributed by atoms with Crippen molar-refractivity contribution in [2.45, 2.75) is 43.5 Å². The van der Waals surface area contributed by atoms with Crippen LogP contribution in [0.15, 0.2) is 121 Å². The lowest BCUT2D eigenvalue weighted by atomic mass is 9.84. The quantitative estimate of drug-likeness (QED) is 0.165. The van der Waals surface area contributed by atoms with Crippen LogP contribution in [0.2, 0.25) is 0 Å². The number of ether oxygens (including phenoxy) is 2. The molecule has 1 aromatic heterocycles. The summed E-state index contributed by atoms with van der Waals surface area (Å²) in [5.74, 6) is -0.794. The number of rotatable bonds is 12. The number of para-hydroxylation sites is 1. The minimum Gasteiger partial charge on any atom is -0.453 e. The van der Waals surface area contributed by atoms with Gasteiger partial charge in [-0.3, -0.25) is 4.79 Å². The van der Waals surface area contributed by atoms with E-state index < -0.39 is 18.1 Å². The summed E-state index contributed by atoms with van der Waals surface area (Å²) in [6.45, 7) is 1.83. The van der Waals surface area contributed by atoms with Gasteiger partial charge in [-0.1, -0.05) is 114 Å². The monoisotopic (exact) mass is 644 g/mol.